The molecule has 5 heteroatoms. The molecule has 1 N–H and O–H groups in total. The van der Waals surface area contributed by atoms with Crippen LogP contribution in [0.15, 0.2) is 48.5 Å². The molecule has 0 spiro atoms. The fourth-order valence-electron chi connectivity index (χ4n) is 3.23. The van der Waals surface area contributed by atoms with Gasteiger partial charge in [0.2, 0.25) is 0 Å². The fourth-order valence-corrected chi connectivity index (χ4v) is 3.23. The summed E-state index contributed by atoms with van der Waals surface area (Å²) < 4.78 is 5.31. The van der Waals surface area contributed by atoms with Gasteiger partial charge >= 0.3 is 5.97 Å². The van der Waals surface area contributed by atoms with Gasteiger partial charge in [-0.05, 0) is 69.0 Å². The largest absolute Gasteiger partial charge is 0.449 e. The number of carbonyl (C=O) groups excluding carboxylic acids is 2. The molecule has 1 heterocycles. The van der Waals surface area contributed by atoms with Gasteiger partial charge in [0.05, 0.1) is 5.56 Å². The zero-order chi connectivity index (χ0) is 19.2. The molecule has 0 unspecified atom stereocenters. The Morgan fingerprint density at radius 1 is 1.00 bits per heavy atom. The van der Waals surface area contributed by atoms with Crippen LogP contribution in [0.25, 0.3) is 0 Å². The molecule has 3 rings (SSSR count). The second kappa shape index (κ2) is 8.71. The van der Waals surface area contributed by atoms with Gasteiger partial charge < -0.3 is 15.0 Å². The molecule has 0 bridgehead atoms. The van der Waals surface area contributed by atoms with E-state index < -0.39 is 12.1 Å². The Balaban J connectivity index is 1.56. The number of esters is 1. The molecule has 27 heavy (non-hydrogen) atoms. The number of nitrogens with one attached hydrogen (secondary N) is 1. The Kier molecular flexibility index (Phi) is 6.12. The molecule has 1 atom stereocenters. The fraction of sp³-hybridized carbons (Fsp3) is 0.364. The lowest BCUT2D eigenvalue weighted by molar-refractivity contribution is -0.123. The number of ether oxygens (including phenoxy) is 1. The number of hydrogen-bond donors (Lipinski definition) is 1. The summed E-state index contributed by atoms with van der Waals surface area (Å²) in [6, 6.07) is 15.0. The topological polar surface area (TPSA) is 58.6 Å². The van der Waals surface area contributed by atoms with Crippen molar-refractivity contribution in [3.05, 3.63) is 59.7 Å². The van der Waals surface area contributed by atoms with E-state index in [0.717, 1.165) is 18.7 Å². The van der Waals surface area contributed by atoms with Crippen molar-refractivity contribution in [3.8, 4) is 0 Å². The van der Waals surface area contributed by atoms with Gasteiger partial charge in [0.1, 0.15) is 0 Å². The van der Waals surface area contributed by atoms with E-state index in [0.29, 0.717) is 11.3 Å². The third kappa shape index (κ3) is 4.88. The van der Waals surface area contributed by atoms with Crippen LogP contribution in [0.2, 0.25) is 0 Å². The molecule has 2 aromatic rings. The van der Waals surface area contributed by atoms with E-state index in [4.69, 9.17) is 4.74 Å². The van der Waals surface area contributed by atoms with Gasteiger partial charge in [-0.15, -0.1) is 0 Å². The van der Waals surface area contributed by atoms with Crippen LogP contribution in [0.3, 0.4) is 0 Å². The number of piperidine rings is 1. The number of carbonyl (C=O) groups is 2. The summed E-state index contributed by atoms with van der Waals surface area (Å²) >= 11 is 0. The van der Waals surface area contributed by atoms with Crippen LogP contribution in [-0.4, -0.2) is 31.1 Å². The summed E-state index contributed by atoms with van der Waals surface area (Å²) in [6.45, 7) is 5.58. The zero-order valence-electron chi connectivity index (χ0n) is 15.9. The molecule has 0 radical (unpaired) electrons. The first-order chi connectivity index (χ1) is 13.0. The Morgan fingerprint density at radius 3 is 2.33 bits per heavy atom. The molecular weight excluding hydrogens is 340 g/mol. The highest BCUT2D eigenvalue weighted by Crippen LogP contribution is 2.22. The maximum atomic E-state index is 12.4. The van der Waals surface area contributed by atoms with E-state index in [1.54, 1.807) is 19.1 Å². The minimum Gasteiger partial charge on any atom is -0.449 e. The predicted molar refractivity (Wildman–Crippen MR) is 107 cm³/mol. The van der Waals surface area contributed by atoms with Gasteiger partial charge in [-0.1, -0.05) is 18.2 Å². The first-order valence-electron chi connectivity index (χ1n) is 9.47. The average Bonchev–Trinajstić information content (AvgIpc) is 2.69. The van der Waals surface area contributed by atoms with E-state index in [-0.39, 0.29) is 5.91 Å². The SMILES string of the molecule is Cc1ccccc1C(=O)O[C@H](C)C(=O)Nc1ccc(N2CCCCC2)cc1. The summed E-state index contributed by atoms with van der Waals surface area (Å²) in [4.78, 5) is 27.0. The van der Waals surface area contributed by atoms with E-state index in [1.807, 2.05) is 43.3 Å². The maximum absolute atomic E-state index is 12.4. The molecule has 1 fully saturated rings. The summed E-state index contributed by atoms with van der Waals surface area (Å²) in [6.07, 6.45) is 2.87. The monoisotopic (exact) mass is 366 g/mol. The van der Waals surface area contributed by atoms with Crippen molar-refractivity contribution in [1.29, 1.82) is 0 Å². The van der Waals surface area contributed by atoms with Gasteiger partial charge in [-0.3, -0.25) is 4.79 Å². The zero-order valence-corrected chi connectivity index (χ0v) is 15.9. The molecule has 1 saturated heterocycles. The number of aryl methyl sites for hydroxylation is 1. The van der Waals surface area contributed by atoms with Crippen molar-refractivity contribution in [2.45, 2.75) is 39.2 Å². The highest BCUT2D eigenvalue weighted by Gasteiger charge is 2.20. The van der Waals surface area contributed by atoms with E-state index in [1.165, 1.54) is 24.9 Å². The smallest absolute Gasteiger partial charge is 0.339 e. The molecule has 1 amide bonds. The third-order valence-corrected chi connectivity index (χ3v) is 4.87. The number of nitrogens with zero attached hydrogens (tertiary/aromatic N) is 1. The van der Waals surface area contributed by atoms with Crippen molar-refractivity contribution < 1.29 is 14.3 Å². The Bertz CT molecular complexity index is 795. The van der Waals surface area contributed by atoms with Crippen LogP contribution in [0.4, 0.5) is 11.4 Å². The molecule has 5 nitrogen and oxygen atoms in total. The van der Waals surface area contributed by atoms with E-state index >= 15 is 0 Å². The second-order valence-corrected chi connectivity index (χ2v) is 6.95. The van der Waals surface area contributed by atoms with Gasteiger partial charge in [-0.25, -0.2) is 4.79 Å². The van der Waals surface area contributed by atoms with Crippen molar-refractivity contribution >= 4 is 23.3 Å². The van der Waals surface area contributed by atoms with Crippen molar-refractivity contribution in [2.24, 2.45) is 0 Å². The summed E-state index contributed by atoms with van der Waals surface area (Å²) in [5.41, 5.74) is 3.16. The molecule has 1 aliphatic heterocycles. The van der Waals surface area contributed by atoms with Gasteiger partial charge in [0.15, 0.2) is 6.10 Å². The summed E-state index contributed by atoms with van der Waals surface area (Å²) in [5.74, 6) is -0.834. The first kappa shape index (κ1) is 19.0. The Hall–Kier alpha value is -2.82. The van der Waals surface area contributed by atoms with E-state index in [9.17, 15) is 9.59 Å². The highest BCUT2D eigenvalue weighted by atomic mass is 16.5. The minimum atomic E-state index is -0.876. The lowest BCUT2D eigenvalue weighted by atomic mass is 10.1. The van der Waals surface area contributed by atoms with E-state index in [2.05, 4.69) is 10.2 Å². The van der Waals surface area contributed by atoms with Gasteiger partial charge in [-0.2, -0.15) is 0 Å². The van der Waals surface area contributed by atoms with Crippen LogP contribution < -0.4 is 10.2 Å². The maximum Gasteiger partial charge on any atom is 0.339 e. The second-order valence-electron chi connectivity index (χ2n) is 6.95. The standard InChI is InChI=1S/C22H26N2O3/c1-16-8-4-5-9-20(16)22(26)27-17(2)21(25)23-18-10-12-19(13-11-18)24-14-6-3-7-15-24/h4-5,8-13,17H,3,6-7,14-15H2,1-2H3,(H,23,25)/t17-/m1/s1. The lowest BCUT2D eigenvalue weighted by Gasteiger charge is -2.28. The molecule has 0 aliphatic carbocycles. The normalized spacial score (nSPS) is 15.1. The van der Waals surface area contributed by atoms with Crippen LogP contribution in [0.5, 0.6) is 0 Å². The van der Waals surface area contributed by atoms with Crippen molar-refractivity contribution in [2.75, 3.05) is 23.3 Å². The van der Waals surface area contributed by atoms with Crippen molar-refractivity contribution in [3.63, 3.8) is 0 Å². The number of amides is 1. The number of rotatable bonds is 5. The van der Waals surface area contributed by atoms with Gasteiger partial charge in [0, 0.05) is 24.5 Å². The van der Waals surface area contributed by atoms with Crippen LogP contribution >= 0.6 is 0 Å². The minimum absolute atomic E-state index is 0.345. The number of anilines is 2. The third-order valence-electron chi connectivity index (χ3n) is 4.87. The lowest BCUT2D eigenvalue weighted by Crippen LogP contribution is -2.30. The van der Waals surface area contributed by atoms with Crippen LogP contribution in [0, 0.1) is 6.92 Å². The molecule has 1 aliphatic rings. The summed E-state index contributed by atoms with van der Waals surface area (Å²) in [7, 11) is 0. The van der Waals surface area contributed by atoms with Crippen LogP contribution in [-0.2, 0) is 9.53 Å². The average molecular weight is 366 g/mol. The first-order valence-corrected chi connectivity index (χ1v) is 9.47. The quantitative estimate of drug-likeness (QED) is 0.807. The molecular formula is C22H26N2O3. The van der Waals surface area contributed by atoms with Gasteiger partial charge in [0.25, 0.3) is 5.91 Å². The summed E-state index contributed by atoms with van der Waals surface area (Å²) in [5, 5.41) is 2.81. The van der Waals surface area contributed by atoms with Crippen LogP contribution in [0.1, 0.15) is 42.1 Å². The van der Waals surface area contributed by atoms with Crippen molar-refractivity contribution in [1.82, 2.24) is 0 Å². The Morgan fingerprint density at radius 2 is 1.67 bits per heavy atom. The predicted octanol–water partition coefficient (Wildman–Crippen LogP) is 4.17. The highest BCUT2D eigenvalue weighted by molar-refractivity contribution is 5.97. The molecule has 0 saturated carbocycles. The molecule has 0 aromatic heterocycles. The Labute approximate surface area is 160 Å². The molecule has 2 aromatic carbocycles. The number of hydrogen-bond acceptors (Lipinski definition) is 4. The number of benzene rings is 2. The molecule has 142 valence electrons.